The van der Waals surface area contributed by atoms with E-state index in [9.17, 15) is 52.2 Å². The molecule has 0 bridgehead atoms. The number of nitrogens with zero attached hydrogens (tertiary/aromatic N) is 10. The molecular weight excluding hydrogens is 1670 g/mol. The van der Waals surface area contributed by atoms with Gasteiger partial charge < -0.3 is 25.3 Å². The van der Waals surface area contributed by atoms with Gasteiger partial charge in [0.05, 0.1) is 76.3 Å². The molecule has 0 amide bonds. The molecule has 0 spiro atoms. The molecule has 0 aliphatic heterocycles. The molecule has 41 atom stereocenters. The smallest absolute Gasteiger partial charge is 0.253 e. The van der Waals surface area contributed by atoms with Crippen molar-refractivity contribution in [1.82, 2.24) is 39.1 Å². The first-order chi connectivity index (χ1) is 61.2. The fraction of sp³-hybridized carbons (Fsp3) is 0.829. The summed E-state index contributed by atoms with van der Waals surface area (Å²) >= 11 is 1.69. The maximum absolute atomic E-state index is 13.7. The predicted octanol–water partition coefficient (Wildman–Crippen LogP) is 17.6. The van der Waals surface area contributed by atoms with Crippen LogP contribution in [0.3, 0.4) is 0 Å². The highest BCUT2D eigenvalue weighted by molar-refractivity contribution is 7.98. The summed E-state index contributed by atoms with van der Waals surface area (Å²) in [6, 6.07) is 3.47. The highest BCUT2D eigenvalue weighted by Crippen LogP contribution is 2.80. The van der Waals surface area contributed by atoms with Gasteiger partial charge in [-0.1, -0.05) is 39.4 Å². The fourth-order valence-corrected chi connectivity index (χ4v) is 39.4. The Hall–Kier alpha value is -5.21. The van der Waals surface area contributed by atoms with E-state index in [0.717, 1.165) is 164 Å². The van der Waals surface area contributed by atoms with Crippen LogP contribution >= 0.6 is 11.8 Å². The summed E-state index contributed by atoms with van der Waals surface area (Å²) in [6.07, 6.45) is 52.4. The van der Waals surface area contributed by atoms with Crippen molar-refractivity contribution in [3.8, 4) is 6.07 Å². The molecule has 20 saturated carbocycles. The number of rotatable bonds is 15. The van der Waals surface area contributed by atoms with E-state index in [0.29, 0.717) is 101 Å². The van der Waals surface area contributed by atoms with Gasteiger partial charge >= 0.3 is 0 Å². The summed E-state index contributed by atoms with van der Waals surface area (Å²) in [5.41, 5.74) is -1.17. The Kier molecular flexibility index (Phi) is 22.7. The van der Waals surface area contributed by atoms with Crippen LogP contribution < -0.4 is 0 Å². The van der Waals surface area contributed by atoms with Crippen LogP contribution in [0.15, 0.2) is 57.9 Å². The molecule has 129 heavy (non-hydrogen) atoms. The monoisotopic (exact) mass is 1820 g/mol. The Morgan fingerprint density at radius 3 is 1.07 bits per heavy atom. The van der Waals surface area contributed by atoms with E-state index in [-0.39, 0.29) is 86.4 Å². The summed E-state index contributed by atoms with van der Waals surface area (Å²) in [5, 5.41) is 68.8. The van der Waals surface area contributed by atoms with E-state index in [2.05, 4.69) is 66.1 Å². The number of hydrogen-bond donors (Lipinski definition) is 4. The zero-order chi connectivity index (χ0) is 90.4. The van der Waals surface area contributed by atoms with Gasteiger partial charge in [0.2, 0.25) is 0 Å². The van der Waals surface area contributed by atoms with Crippen LogP contribution in [-0.2, 0) is 66.0 Å². The van der Waals surface area contributed by atoms with E-state index >= 15 is 0 Å². The summed E-state index contributed by atoms with van der Waals surface area (Å²) in [7, 11) is -4.37. The number of fused-ring (bicyclic) bond motifs is 28. The standard InChI is InChI=1S/C27H34N4O2.C26H38N2O4S.C26H38N2O3S.C26H38N2O2S/c1-26(33)8-6-17-15(12-26)4-5-19-18(17)7-9-27(2)24(19)20-11-21(20)25(27)22(32)14-31-23(29-3)10-16(13-28)30-31;1-25(30)8-6-17-15(11-25)4-5-19-18(17)7-9-26(2)23(19)20-10-21(20)24(26)22(29)14-28-13-16(12-27-28)33(3,31)32;1-25(30)8-6-17-15(11-25)4-5-19-18(17)7-9-26(2)23(19)20-10-21(20)24(26)22(29)14-28-13-16(12-27-28)32(3)31;1-25(30)8-6-17-15(11-25)4-5-19-18(17)7-9-26(2)23(19)20-10-21(20)24(26)22(29)14-28-13-16(31-3)12-27-28/h10,15,17-21,24-25,33H,4-9,11-12,14H2,1-2H3;12-13,15,17-21,23-24,30H,4-11,14H2,1-3H3;12-13,15,17-21,23-24,30H,4-11,14H2,1-3H3;12-13,15,17-21,23-24,30H,4-11,14H2,1-3H3/t15-,17+,18-,19-,20-,21+,24-,25-,26-,27+;15-,17+,18-,19-,20-,21+,23-,24-,25-,26+;15-,17+,18-,19-,20-,21+,23-,24-,25-,26+,32?;15-,17+,18-,19-,20-,21+,23-,24-,25-,26+/m1111/s1. The van der Waals surface area contributed by atoms with Crippen LogP contribution in [0.4, 0.5) is 5.82 Å². The normalized spacial score (nSPS) is 48.9. The van der Waals surface area contributed by atoms with Gasteiger partial charge in [-0.3, -0.25) is 37.4 Å². The van der Waals surface area contributed by atoms with Crippen LogP contribution in [-0.4, -0.2) is 136 Å². The number of carbonyl (C=O) groups excluding carboxylic acids is 4. The topological polar surface area (TPSA) is 300 Å². The second-order valence-electron chi connectivity index (χ2n) is 49.9. The van der Waals surface area contributed by atoms with Crippen molar-refractivity contribution >= 4 is 61.3 Å². The van der Waals surface area contributed by atoms with Gasteiger partial charge in [-0.05, 0) is 427 Å². The summed E-state index contributed by atoms with van der Waals surface area (Å²) < 4.78 is 41.9. The Bertz CT molecular complexity index is 5260. The van der Waals surface area contributed by atoms with Crippen molar-refractivity contribution in [3.63, 3.8) is 0 Å². The fourth-order valence-electron chi connectivity index (χ4n) is 38.0. The quantitative estimate of drug-likeness (QED) is 0.0635. The van der Waals surface area contributed by atoms with Gasteiger partial charge in [-0.15, -0.1) is 11.8 Å². The molecule has 4 heterocycles. The lowest BCUT2D eigenvalue weighted by Crippen LogP contribution is -2.52. The lowest BCUT2D eigenvalue weighted by atomic mass is 9.48. The predicted molar refractivity (Wildman–Crippen MR) is 491 cm³/mol. The molecule has 0 saturated heterocycles. The van der Waals surface area contributed by atoms with Crippen molar-refractivity contribution in [2.45, 2.75) is 324 Å². The maximum Gasteiger partial charge on any atom is 0.253 e. The minimum Gasteiger partial charge on any atom is -0.390 e. The molecular formula is C105H148N10O11S3. The lowest BCUT2D eigenvalue weighted by molar-refractivity contribution is -0.137. The molecule has 20 aliphatic rings. The highest BCUT2D eigenvalue weighted by Gasteiger charge is 2.76. The van der Waals surface area contributed by atoms with Crippen LogP contribution in [0.1, 0.15) is 267 Å². The summed E-state index contributed by atoms with van der Waals surface area (Å²) in [6.45, 7) is 26.3. The van der Waals surface area contributed by atoms with Crippen molar-refractivity contribution in [2.24, 2.45) is 211 Å². The van der Waals surface area contributed by atoms with Crippen LogP contribution in [0.5, 0.6) is 0 Å². The molecule has 20 aliphatic carbocycles. The maximum atomic E-state index is 13.7. The molecule has 20 fully saturated rings. The van der Waals surface area contributed by atoms with Crippen molar-refractivity contribution in [3.05, 3.63) is 60.4 Å². The Balaban J connectivity index is 0.000000104. The Labute approximate surface area is 773 Å². The number of sulfone groups is 1. The Morgan fingerprint density at radius 2 is 0.767 bits per heavy atom. The molecule has 0 aromatic carbocycles. The van der Waals surface area contributed by atoms with E-state index < -0.39 is 43.0 Å². The van der Waals surface area contributed by atoms with Gasteiger partial charge in [0.25, 0.3) is 5.82 Å². The first-order valence-electron chi connectivity index (χ1n) is 51.2. The number of carbonyl (C=O) groups is 4. The molecule has 1 unspecified atom stereocenters. The number of hydrogen-bond acceptors (Lipinski definition) is 17. The van der Waals surface area contributed by atoms with E-state index in [1.807, 2.05) is 43.9 Å². The second kappa shape index (κ2) is 32.5. The Morgan fingerprint density at radius 1 is 0.450 bits per heavy atom. The molecule has 24 heteroatoms. The van der Waals surface area contributed by atoms with Gasteiger partial charge in [-0.2, -0.15) is 25.2 Å². The summed E-state index contributed by atoms with van der Waals surface area (Å²) in [4.78, 5) is 59.9. The van der Waals surface area contributed by atoms with E-state index in [4.69, 9.17) is 11.8 Å². The second-order valence-corrected chi connectivity index (χ2v) is 54.2. The largest absolute Gasteiger partial charge is 0.390 e. The molecule has 4 N–H and O–H groups in total. The molecule has 21 nitrogen and oxygen atoms in total. The molecule has 702 valence electrons. The third-order valence-corrected chi connectivity index (χ3v) is 45.2. The third-order valence-electron chi connectivity index (χ3n) is 42.6. The van der Waals surface area contributed by atoms with E-state index in [1.54, 1.807) is 35.1 Å². The zero-order valence-electron chi connectivity index (χ0n) is 78.8. The first-order valence-corrected chi connectivity index (χ1v) is 55.9. The zero-order valence-corrected chi connectivity index (χ0v) is 81.3. The molecule has 24 rings (SSSR count). The van der Waals surface area contributed by atoms with Crippen LogP contribution in [0.25, 0.3) is 4.85 Å². The first kappa shape index (κ1) is 90.3. The molecule has 4 aromatic heterocycles. The van der Waals surface area contributed by atoms with Crippen LogP contribution in [0, 0.1) is 229 Å². The number of aromatic nitrogens is 8. The molecule has 4 aromatic rings. The lowest BCUT2D eigenvalue weighted by Gasteiger charge is -2.57. The van der Waals surface area contributed by atoms with Crippen LogP contribution in [0.2, 0.25) is 0 Å². The number of Topliss-reactive ketones (excluding diaryl/α,β-unsaturated/α-hetero) is 4. The minimum atomic E-state index is -3.31. The summed E-state index contributed by atoms with van der Waals surface area (Å²) in [5.74, 6) is 22.2. The average molecular weight is 1820 g/mol. The third kappa shape index (κ3) is 15.7. The number of aliphatic hydroxyl groups is 4. The van der Waals surface area contributed by atoms with E-state index in [1.165, 1.54) is 175 Å². The number of thioether (sulfide) groups is 1. The average Bonchev–Trinajstić information content (AvgIpc) is 1.53. The minimum absolute atomic E-state index is 0.0578. The SMILES string of the molecule is CS(=O)c1cnn(CC(=O)[C@H]2[C@H]3C[C@H]3[C@H]3[C@@H]4CC[C@@H]5C[C@](C)(O)CC[C@@H]5[C@H]4CC[C@@]32C)c1.CSc1cnn(CC(=O)[C@H]2[C@H]3C[C@H]3[C@H]3[C@@H]4CC[C@@H]5C[C@](C)(O)CC[C@@H]5[C@H]4CC[C@@]32C)c1.C[C@@]1(O)CC[C@H]2[C@H](CC[C@@H]3[C@@H]2CC[C@@]2(C)[C@H]3[C@@H]3C[C@@H]3[C@@H]2C(=O)Cn2cc(S(C)(=O)=O)cn2)C1.[C-]#[N+]c1cc(C#N)nn1CC(=O)[C@H]1[C@H]2C[C@H]2[C@H]2[C@@H]3CC[C@@H]4C[C@](C)(O)CC[C@@H]4[C@H]3CC[C@@]21C. The van der Waals surface area contributed by atoms with Crippen molar-refractivity contribution < 1.29 is 52.2 Å². The van der Waals surface area contributed by atoms with Gasteiger partial charge in [0, 0.05) is 65.7 Å². The molecule has 0 radical (unpaired) electrons. The highest BCUT2D eigenvalue weighted by atomic mass is 32.2. The number of nitriles is 1. The van der Waals surface area contributed by atoms with Crippen molar-refractivity contribution in [1.29, 1.82) is 5.26 Å². The number of ketones is 4. The van der Waals surface area contributed by atoms with Gasteiger partial charge in [-0.25, -0.2) is 8.42 Å². The van der Waals surface area contributed by atoms with Crippen molar-refractivity contribution in [2.75, 3.05) is 18.8 Å². The van der Waals surface area contributed by atoms with Gasteiger partial charge in [0.15, 0.2) is 45.2 Å². The van der Waals surface area contributed by atoms with Gasteiger partial charge in [0.1, 0.15) is 11.0 Å².